The summed E-state index contributed by atoms with van der Waals surface area (Å²) >= 11 is 1.65. The third-order valence-corrected chi connectivity index (χ3v) is 6.19. The minimum Gasteiger partial charge on any atom is -0.366 e. The second-order valence-corrected chi connectivity index (χ2v) is 7.80. The molecule has 2 heterocycles. The van der Waals surface area contributed by atoms with E-state index in [1.165, 1.54) is 6.07 Å². The summed E-state index contributed by atoms with van der Waals surface area (Å²) in [5, 5.41) is 12.4. The van der Waals surface area contributed by atoms with Crippen LogP contribution in [-0.2, 0) is 6.18 Å². The number of nitro groups is 1. The molecule has 1 fully saturated rings. The molecular weight excluding hydrogens is 391 g/mol. The fourth-order valence-electron chi connectivity index (χ4n) is 3.55. The van der Waals surface area contributed by atoms with Gasteiger partial charge in [0.25, 0.3) is 5.69 Å². The van der Waals surface area contributed by atoms with E-state index in [1.54, 1.807) is 16.2 Å². The van der Waals surface area contributed by atoms with Crippen molar-refractivity contribution in [3.63, 3.8) is 0 Å². The summed E-state index contributed by atoms with van der Waals surface area (Å²) in [6.45, 7) is 1.07. The molecule has 0 unspecified atom stereocenters. The first-order valence-electron chi connectivity index (χ1n) is 8.79. The Bertz CT molecular complexity index is 994. The lowest BCUT2D eigenvalue weighted by molar-refractivity contribution is -0.384. The van der Waals surface area contributed by atoms with Crippen LogP contribution in [0.15, 0.2) is 42.5 Å². The monoisotopic (exact) mass is 407 g/mol. The van der Waals surface area contributed by atoms with Crippen molar-refractivity contribution in [1.29, 1.82) is 0 Å². The van der Waals surface area contributed by atoms with Crippen LogP contribution >= 0.6 is 11.3 Å². The number of hydrogen-bond donors (Lipinski definition) is 0. The Hall–Kier alpha value is -2.68. The van der Waals surface area contributed by atoms with Gasteiger partial charge in [0.15, 0.2) is 0 Å². The van der Waals surface area contributed by atoms with Crippen LogP contribution in [0.2, 0.25) is 0 Å². The van der Waals surface area contributed by atoms with E-state index >= 15 is 0 Å². The molecule has 1 saturated heterocycles. The minimum absolute atomic E-state index is 0.237. The number of rotatable bonds is 3. The highest BCUT2D eigenvalue weighted by Gasteiger charge is 2.34. The molecule has 2 aromatic carbocycles. The van der Waals surface area contributed by atoms with Crippen LogP contribution in [0.3, 0.4) is 0 Å². The van der Waals surface area contributed by atoms with Crippen LogP contribution in [0.1, 0.15) is 29.3 Å². The van der Waals surface area contributed by atoms with E-state index in [0.717, 1.165) is 34.1 Å². The van der Waals surface area contributed by atoms with Crippen molar-refractivity contribution in [2.24, 2.45) is 0 Å². The topological polar surface area (TPSA) is 59.3 Å². The lowest BCUT2D eigenvalue weighted by Crippen LogP contribution is -2.33. The molecule has 0 spiro atoms. The standard InChI is InChI=1S/C19H16F3N3O2S/c20-19(21,22)13-5-6-15(16(11-13)25(26)27)24-9-7-12(8-10-24)18-23-14-3-1-2-4-17(14)28-18/h1-6,11-12H,7-10H2. The van der Waals surface area contributed by atoms with Crippen molar-refractivity contribution in [2.45, 2.75) is 24.9 Å². The average Bonchev–Trinajstić information content (AvgIpc) is 3.11. The van der Waals surface area contributed by atoms with E-state index in [0.29, 0.717) is 19.2 Å². The number of para-hydroxylation sites is 1. The predicted octanol–water partition coefficient (Wildman–Crippen LogP) is 5.61. The lowest BCUT2D eigenvalue weighted by atomic mass is 9.96. The van der Waals surface area contributed by atoms with Gasteiger partial charge in [-0.05, 0) is 37.1 Å². The zero-order chi connectivity index (χ0) is 19.9. The number of aromatic nitrogens is 1. The highest BCUT2D eigenvalue weighted by molar-refractivity contribution is 7.18. The molecule has 0 radical (unpaired) electrons. The van der Waals surface area contributed by atoms with Gasteiger partial charge in [-0.2, -0.15) is 13.2 Å². The Balaban J connectivity index is 1.54. The quantitative estimate of drug-likeness (QED) is 0.418. The number of nitro benzene ring substituents is 1. The van der Waals surface area contributed by atoms with Crippen LogP contribution in [0.25, 0.3) is 10.2 Å². The molecule has 0 N–H and O–H groups in total. The molecule has 0 saturated carbocycles. The molecule has 0 atom stereocenters. The first kappa shape index (κ1) is 18.7. The fraction of sp³-hybridized carbons (Fsp3) is 0.316. The van der Waals surface area contributed by atoms with Gasteiger partial charge in [0.1, 0.15) is 5.69 Å². The van der Waals surface area contributed by atoms with Crippen LogP contribution in [0.5, 0.6) is 0 Å². The number of fused-ring (bicyclic) bond motifs is 1. The van der Waals surface area contributed by atoms with E-state index < -0.39 is 22.4 Å². The Morgan fingerprint density at radius 2 is 1.86 bits per heavy atom. The number of alkyl halides is 3. The molecule has 9 heteroatoms. The summed E-state index contributed by atoms with van der Waals surface area (Å²) in [5.41, 5.74) is -0.315. The van der Waals surface area contributed by atoms with Gasteiger partial charge in [-0.15, -0.1) is 11.3 Å². The number of nitrogens with zero attached hydrogens (tertiary/aromatic N) is 3. The first-order chi connectivity index (χ1) is 13.3. The van der Waals surface area contributed by atoms with Gasteiger partial charge in [-0.1, -0.05) is 12.1 Å². The smallest absolute Gasteiger partial charge is 0.366 e. The minimum atomic E-state index is -4.61. The molecule has 0 aliphatic carbocycles. The Labute approximate surface area is 162 Å². The molecule has 28 heavy (non-hydrogen) atoms. The lowest BCUT2D eigenvalue weighted by Gasteiger charge is -2.32. The molecule has 5 nitrogen and oxygen atoms in total. The Morgan fingerprint density at radius 3 is 2.50 bits per heavy atom. The molecule has 0 bridgehead atoms. The van der Waals surface area contributed by atoms with Gasteiger partial charge in [-0.25, -0.2) is 4.98 Å². The molecule has 1 aromatic heterocycles. The van der Waals surface area contributed by atoms with Crippen molar-refractivity contribution < 1.29 is 18.1 Å². The number of halogens is 3. The van der Waals surface area contributed by atoms with Gasteiger partial charge in [-0.3, -0.25) is 10.1 Å². The number of anilines is 1. The fourth-order valence-corrected chi connectivity index (χ4v) is 4.68. The number of benzene rings is 2. The highest BCUT2D eigenvalue weighted by Crippen LogP contribution is 2.39. The molecular formula is C19H16F3N3O2S. The van der Waals surface area contributed by atoms with Crippen molar-refractivity contribution in [3.8, 4) is 0 Å². The molecule has 3 aromatic rings. The van der Waals surface area contributed by atoms with E-state index in [9.17, 15) is 23.3 Å². The summed E-state index contributed by atoms with van der Waals surface area (Å²) in [6.07, 6.45) is -3.11. The van der Waals surface area contributed by atoms with E-state index in [-0.39, 0.29) is 11.6 Å². The highest BCUT2D eigenvalue weighted by atomic mass is 32.1. The van der Waals surface area contributed by atoms with Crippen molar-refractivity contribution in [1.82, 2.24) is 4.98 Å². The molecule has 0 amide bonds. The first-order valence-corrected chi connectivity index (χ1v) is 9.60. The summed E-state index contributed by atoms with van der Waals surface area (Å²) in [7, 11) is 0. The van der Waals surface area contributed by atoms with E-state index in [2.05, 4.69) is 4.98 Å². The van der Waals surface area contributed by atoms with E-state index in [1.807, 2.05) is 24.3 Å². The summed E-state index contributed by atoms with van der Waals surface area (Å²) in [5.74, 6) is 0.252. The molecule has 1 aliphatic heterocycles. The third kappa shape index (κ3) is 3.54. The van der Waals surface area contributed by atoms with Gasteiger partial charge in [0.05, 0.1) is 25.7 Å². The van der Waals surface area contributed by atoms with Crippen LogP contribution in [0, 0.1) is 10.1 Å². The normalized spacial score (nSPS) is 15.9. The van der Waals surface area contributed by atoms with Crippen molar-refractivity contribution >= 4 is 32.9 Å². The summed E-state index contributed by atoms with van der Waals surface area (Å²) in [6, 6.07) is 10.6. The van der Waals surface area contributed by atoms with E-state index in [4.69, 9.17) is 0 Å². The number of hydrogen-bond acceptors (Lipinski definition) is 5. The van der Waals surface area contributed by atoms with Gasteiger partial charge in [0, 0.05) is 25.1 Å². The largest absolute Gasteiger partial charge is 0.416 e. The SMILES string of the molecule is O=[N+]([O-])c1cc(C(F)(F)F)ccc1N1CCC(c2nc3ccccc3s2)CC1. The summed E-state index contributed by atoms with van der Waals surface area (Å²) in [4.78, 5) is 17.1. The maximum atomic E-state index is 12.9. The Kier molecular flexibility index (Phi) is 4.70. The Morgan fingerprint density at radius 1 is 1.14 bits per heavy atom. The second-order valence-electron chi connectivity index (χ2n) is 6.74. The molecule has 146 valence electrons. The maximum Gasteiger partial charge on any atom is 0.416 e. The van der Waals surface area contributed by atoms with Crippen LogP contribution in [0.4, 0.5) is 24.5 Å². The van der Waals surface area contributed by atoms with Crippen LogP contribution < -0.4 is 4.90 Å². The van der Waals surface area contributed by atoms with Gasteiger partial charge >= 0.3 is 6.18 Å². The van der Waals surface area contributed by atoms with Crippen LogP contribution in [-0.4, -0.2) is 23.0 Å². The van der Waals surface area contributed by atoms with Crippen molar-refractivity contribution in [3.05, 3.63) is 63.1 Å². The maximum absolute atomic E-state index is 12.9. The predicted molar refractivity (Wildman–Crippen MR) is 102 cm³/mol. The zero-order valence-electron chi connectivity index (χ0n) is 14.6. The molecule has 4 rings (SSSR count). The molecule has 1 aliphatic rings. The summed E-state index contributed by atoms with van der Waals surface area (Å²) < 4.78 is 39.8. The second kappa shape index (κ2) is 7.05. The van der Waals surface area contributed by atoms with Gasteiger partial charge in [0.2, 0.25) is 0 Å². The van der Waals surface area contributed by atoms with Crippen molar-refractivity contribution in [2.75, 3.05) is 18.0 Å². The average molecular weight is 407 g/mol. The van der Waals surface area contributed by atoms with Gasteiger partial charge < -0.3 is 4.90 Å². The zero-order valence-corrected chi connectivity index (χ0v) is 15.5. The third-order valence-electron chi connectivity index (χ3n) is 4.99. The number of thiazole rings is 1. The number of piperidine rings is 1.